The van der Waals surface area contributed by atoms with Crippen LogP contribution < -0.4 is 5.32 Å². The summed E-state index contributed by atoms with van der Waals surface area (Å²) in [6, 6.07) is 0. The second kappa shape index (κ2) is 13.1. The number of nitrogens with zero attached hydrogens (tertiary/aromatic N) is 3. The average Bonchev–Trinajstić information content (AvgIpc) is 3.42. The Morgan fingerprint density at radius 2 is 1.86 bits per heavy atom. The number of guanidine groups is 1. The van der Waals surface area contributed by atoms with E-state index < -0.39 is 12.7 Å². The molecule has 0 unspecified atom stereocenters. The first kappa shape index (κ1) is 25.7. The Hall–Kier alpha value is -0.290. The van der Waals surface area contributed by atoms with Gasteiger partial charge >= 0.3 is 6.18 Å². The minimum Gasteiger partial charge on any atom is -0.379 e. The molecule has 1 heterocycles. The van der Waals surface area contributed by atoms with Crippen LogP contribution in [0.5, 0.6) is 0 Å². The number of hydrogen-bond acceptors (Lipinski definition) is 3. The molecular formula is C19H36F3IN4O. The maximum absolute atomic E-state index is 12.5. The van der Waals surface area contributed by atoms with Gasteiger partial charge in [-0.15, -0.1) is 24.0 Å². The summed E-state index contributed by atoms with van der Waals surface area (Å²) in [6.07, 6.45) is 1.09. The first-order valence-electron chi connectivity index (χ1n) is 10.2. The molecule has 0 aromatic carbocycles. The third-order valence-corrected chi connectivity index (χ3v) is 5.23. The maximum atomic E-state index is 12.5. The van der Waals surface area contributed by atoms with Gasteiger partial charge in [-0.2, -0.15) is 13.2 Å². The van der Waals surface area contributed by atoms with E-state index >= 15 is 0 Å². The van der Waals surface area contributed by atoms with Crippen molar-refractivity contribution in [3.8, 4) is 0 Å². The smallest absolute Gasteiger partial charge is 0.379 e. The Bertz CT molecular complexity index is 453. The predicted octanol–water partition coefficient (Wildman–Crippen LogP) is 3.59. The number of hydrogen-bond donors (Lipinski definition) is 1. The van der Waals surface area contributed by atoms with Crippen molar-refractivity contribution in [2.75, 3.05) is 59.5 Å². The average molecular weight is 520 g/mol. The molecule has 1 saturated heterocycles. The lowest BCUT2D eigenvalue weighted by atomic mass is 9.93. The number of likely N-dealkylation sites (N-methyl/N-ethyl adjacent to an activating group) is 1. The molecule has 2 aliphatic rings. The fourth-order valence-corrected chi connectivity index (χ4v) is 3.35. The Morgan fingerprint density at radius 3 is 2.43 bits per heavy atom. The van der Waals surface area contributed by atoms with E-state index in [1.807, 2.05) is 14.0 Å². The molecule has 166 valence electrons. The second-order valence-electron chi connectivity index (χ2n) is 7.80. The Labute approximate surface area is 184 Å². The summed E-state index contributed by atoms with van der Waals surface area (Å²) in [6.45, 7) is 6.22. The van der Waals surface area contributed by atoms with E-state index in [-0.39, 0.29) is 24.0 Å². The van der Waals surface area contributed by atoms with Gasteiger partial charge in [0.2, 0.25) is 0 Å². The van der Waals surface area contributed by atoms with E-state index in [0.29, 0.717) is 32.2 Å². The van der Waals surface area contributed by atoms with Crippen LogP contribution in [0.15, 0.2) is 4.99 Å². The zero-order valence-corrected chi connectivity index (χ0v) is 19.5. The van der Waals surface area contributed by atoms with Gasteiger partial charge in [0.1, 0.15) is 0 Å². The number of halogens is 4. The van der Waals surface area contributed by atoms with Crippen LogP contribution in [0.3, 0.4) is 0 Å². The van der Waals surface area contributed by atoms with Gasteiger partial charge in [-0.05, 0) is 64.0 Å². The highest BCUT2D eigenvalue weighted by atomic mass is 127. The lowest BCUT2D eigenvalue weighted by Gasteiger charge is -2.32. The van der Waals surface area contributed by atoms with Crippen LogP contribution in [-0.2, 0) is 4.74 Å². The summed E-state index contributed by atoms with van der Waals surface area (Å²) in [4.78, 5) is 8.29. The molecule has 0 radical (unpaired) electrons. The number of piperidine rings is 1. The SMILES string of the molecule is CCNC(=NCCC1CCN(CC(F)(F)F)CC1)N(C)CCOCC1CC1.I. The van der Waals surface area contributed by atoms with E-state index in [4.69, 9.17) is 9.73 Å². The Kier molecular flexibility index (Phi) is 12.0. The van der Waals surface area contributed by atoms with Crippen molar-refractivity contribution in [3.05, 3.63) is 0 Å². The summed E-state index contributed by atoms with van der Waals surface area (Å²) >= 11 is 0. The van der Waals surface area contributed by atoms with E-state index in [0.717, 1.165) is 50.8 Å². The lowest BCUT2D eigenvalue weighted by Crippen LogP contribution is -2.41. The molecule has 1 N–H and O–H groups in total. The van der Waals surface area contributed by atoms with Crippen molar-refractivity contribution in [1.29, 1.82) is 0 Å². The molecule has 1 aliphatic heterocycles. The summed E-state index contributed by atoms with van der Waals surface area (Å²) in [5, 5.41) is 3.30. The normalized spacial score (nSPS) is 19.4. The van der Waals surface area contributed by atoms with Gasteiger partial charge in [0.15, 0.2) is 5.96 Å². The van der Waals surface area contributed by atoms with Crippen LogP contribution in [0, 0.1) is 11.8 Å². The zero-order valence-electron chi connectivity index (χ0n) is 17.1. The van der Waals surface area contributed by atoms with Crippen LogP contribution in [0.1, 0.15) is 39.0 Å². The summed E-state index contributed by atoms with van der Waals surface area (Å²) in [5.41, 5.74) is 0. The van der Waals surface area contributed by atoms with Gasteiger partial charge in [0.05, 0.1) is 13.2 Å². The molecule has 2 fully saturated rings. The minimum absolute atomic E-state index is 0. The highest BCUT2D eigenvalue weighted by Crippen LogP contribution is 2.28. The maximum Gasteiger partial charge on any atom is 0.401 e. The standard InChI is InChI=1S/C19H35F3N4O.HI/c1-3-23-18(25(2)12-13-27-14-17-4-5-17)24-9-6-16-7-10-26(11-8-16)15-19(20,21)22;/h16-17H,3-15H2,1-2H3,(H,23,24);1H. The number of aliphatic imine (C=N–C) groups is 1. The van der Waals surface area contributed by atoms with Crippen molar-refractivity contribution >= 4 is 29.9 Å². The van der Waals surface area contributed by atoms with Crippen molar-refractivity contribution in [1.82, 2.24) is 15.1 Å². The van der Waals surface area contributed by atoms with Crippen LogP contribution in [0.25, 0.3) is 0 Å². The van der Waals surface area contributed by atoms with E-state index in [1.54, 1.807) is 0 Å². The molecule has 2 rings (SSSR count). The van der Waals surface area contributed by atoms with Crippen LogP contribution in [0.4, 0.5) is 13.2 Å². The molecule has 1 saturated carbocycles. The molecule has 1 aliphatic carbocycles. The van der Waals surface area contributed by atoms with Crippen molar-refractivity contribution in [2.45, 2.75) is 45.2 Å². The molecule has 0 aromatic heterocycles. The molecule has 28 heavy (non-hydrogen) atoms. The quantitative estimate of drug-likeness (QED) is 0.207. The number of ether oxygens (including phenoxy) is 1. The minimum atomic E-state index is -4.09. The third kappa shape index (κ3) is 11.0. The monoisotopic (exact) mass is 520 g/mol. The fourth-order valence-electron chi connectivity index (χ4n) is 3.35. The van der Waals surface area contributed by atoms with E-state index in [2.05, 4.69) is 10.2 Å². The lowest BCUT2D eigenvalue weighted by molar-refractivity contribution is -0.148. The number of alkyl halides is 3. The largest absolute Gasteiger partial charge is 0.401 e. The van der Waals surface area contributed by atoms with Crippen LogP contribution >= 0.6 is 24.0 Å². The van der Waals surface area contributed by atoms with Crippen LogP contribution in [-0.4, -0.2) is 81.5 Å². The topological polar surface area (TPSA) is 40.1 Å². The van der Waals surface area contributed by atoms with Crippen molar-refractivity contribution < 1.29 is 17.9 Å². The van der Waals surface area contributed by atoms with E-state index in [9.17, 15) is 13.2 Å². The summed E-state index contributed by atoms with van der Waals surface area (Å²) < 4.78 is 43.0. The van der Waals surface area contributed by atoms with Gasteiger partial charge in [-0.3, -0.25) is 9.89 Å². The molecule has 0 aromatic rings. The van der Waals surface area contributed by atoms with Crippen molar-refractivity contribution in [2.24, 2.45) is 16.8 Å². The molecule has 0 amide bonds. The molecule has 5 nitrogen and oxygen atoms in total. The van der Waals surface area contributed by atoms with Gasteiger partial charge in [-0.1, -0.05) is 0 Å². The highest BCUT2D eigenvalue weighted by molar-refractivity contribution is 14.0. The predicted molar refractivity (Wildman–Crippen MR) is 117 cm³/mol. The highest BCUT2D eigenvalue weighted by Gasteiger charge is 2.32. The van der Waals surface area contributed by atoms with Crippen LogP contribution in [0.2, 0.25) is 0 Å². The number of rotatable bonds is 10. The molecule has 0 spiro atoms. The third-order valence-electron chi connectivity index (χ3n) is 5.23. The first-order valence-corrected chi connectivity index (χ1v) is 10.2. The Balaban J connectivity index is 0.00000392. The first-order chi connectivity index (χ1) is 12.9. The summed E-state index contributed by atoms with van der Waals surface area (Å²) in [5.74, 6) is 2.12. The zero-order chi connectivity index (χ0) is 19.7. The van der Waals surface area contributed by atoms with Gasteiger partial charge in [-0.25, -0.2) is 0 Å². The van der Waals surface area contributed by atoms with Gasteiger partial charge in [0.25, 0.3) is 0 Å². The molecule has 9 heteroatoms. The number of likely N-dealkylation sites (tertiary alicyclic amines) is 1. The molecule has 0 bridgehead atoms. The molecular weight excluding hydrogens is 484 g/mol. The fraction of sp³-hybridized carbons (Fsp3) is 0.947. The Morgan fingerprint density at radius 1 is 1.18 bits per heavy atom. The number of nitrogens with one attached hydrogen (secondary N) is 1. The van der Waals surface area contributed by atoms with Gasteiger partial charge < -0.3 is 15.0 Å². The van der Waals surface area contributed by atoms with Gasteiger partial charge in [0, 0.05) is 33.3 Å². The molecule has 0 atom stereocenters. The van der Waals surface area contributed by atoms with Crippen molar-refractivity contribution in [3.63, 3.8) is 0 Å². The summed E-state index contributed by atoms with van der Waals surface area (Å²) in [7, 11) is 2.01. The van der Waals surface area contributed by atoms with E-state index in [1.165, 1.54) is 17.7 Å². The second-order valence-corrected chi connectivity index (χ2v) is 7.80.